The maximum atomic E-state index is 2.38. The molecule has 0 aromatic heterocycles. The number of aryl methyl sites for hydroxylation is 2. The van der Waals surface area contributed by atoms with E-state index in [1.54, 1.807) is 0 Å². The highest BCUT2D eigenvalue weighted by atomic mass is 15.2. The van der Waals surface area contributed by atoms with E-state index in [1.165, 1.54) is 32.7 Å². The van der Waals surface area contributed by atoms with Crippen molar-refractivity contribution < 1.29 is 0 Å². The van der Waals surface area contributed by atoms with Crippen molar-refractivity contribution in [2.45, 2.75) is 13.8 Å². The molecule has 0 bridgehead atoms. The first-order valence-electron chi connectivity index (χ1n) is 25.3. The van der Waals surface area contributed by atoms with Gasteiger partial charge in [-0.1, -0.05) is 170 Å². The van der Waals surface area contributed by atoms with Crippen molar-refractivity contribution >= 4 is 89.8 Å². The number of fused-ring (bicyclic) bond motifs is 2. The predicted molar refractivity (Wildman–Crippen MR) is 315 cm³/mol. The average Bonchev–Trinajstić information content (AvgIpc) is 3.46. The van der Waals surface area contributed by atoms with Gasteiger partial charge >= 0.3 is 0 Å². The summed E-state index contributed by atoms with van der Waals surface area (Å²) in [5.41, 5.74) is 18.0. The summed E-state index contributed by atoms with van der Waals surface area (Å²) in [5, 5.41) is 4.77. The van der Waals surface area contributed by atoms with Gasteiger partial charge in [0.1, 0.15) is 0 Å². The molecule has 12 aromatic carbocycles. The molecule has 0 saturated carbocycles. The summed E-state index contributed by atoms with van der Waals surface area (Å²) < 4.78 is 0. The molecular weight excluding hydrogens is 897 g/mol. The molecule has 0 fully saturated rings. The second-order valence-corrected chi connectivity index (χ2v) is 18.7. The molecule has 4 nitrogen and oxygen atoms in total. The van der Waals surface area contributed by atoms with Crippen LogP contribution in [0.15, 0.2) is 291 Å². The van der Waals surface area contributed by atoms with E-state index in [2.05, 4.69) is 325 Å². The summed E-state index contributed by atoms with van der Waals surface area (Å²) in [7, 11) is 0. The van der Waals surface area contributed by atoms with Gasteiger partial charge in [0.15, 0.2) is 0 Å². The van der Waals surface area contributed by atoms with Crippen molar-refractivity contribution in [3.63, 3.8) is 0 Å². The van der Waals surface area contributed by atoms with Crippen LogP contribution in [0, 0.1) is 13.8 Å². The topological polar surface area (TPSA) is 13.0 Å². The van der Waals surface area contributed by atoms with Crippen LogP contribution in [0.2, 0.25) is 0 Å². The lowest BCUT2D eigenvalue weighted by Gasteiger charge is -2.30. The minimum Gasteiger partial charge on any atom is -0.310 e. The molecular formula is C70H54N4. The summed E-state index contributed by atoms with van der Waals surface area (Å²) >= 11 is 0. The van der Waals surface area contributed by atoms with Gasteiger partial charge in [0.2, 0.25) is 0 Å². The van der Waals surface area contributed by atoms with E-state index in [0.29, 0.717) is 0 Å². The molecule has 12 aromatic rings. The SMILES string of the molecule is Cc1ccccc1N(c1ccccc1)c1ccc(N(c2ccc(-c3ccc(N(c4ccc(N(c5ccccc5)c5ccccc5C)cc4)c4cccc5ccccc45)cc3)cc2)c2cccc3ccccc23)cc1. The molecule has 0 unspecified atom stereocenters. The number of rotatable bonds is 13. The zero-order chi connectivity index (χ0) is 49.8. The van der Waals surface area contributed by atoms with Gasteiger partial charge in [-0.3, -0.25) is 0 Å². The standard InChI is InChI=1S/C70H54N4/c1-51-19-9-15-31-67(51)71(57-25-5-3-6-26-57)61-43-47-63(48-44-61)73(69-33-17-23-55-21-11-13-29-65(55)69)59-39-35-53(36-40-59)54-37-41-60(42-38-54)74(70-34-18-24-56-22-12-14-30-66(56)70)64-49-45-62(46-50-64)72(58-27-7-4-8-28-58)68-32-16-10-20-52(68)2/h3-50H,1-2H3. The Bertz CT molecular complexity index is 3590. The minimum atomic E-state index is 1.07. The van der Waals surface area contributed by atoms with Gasteiger partial charge in [-0.05, 0) is 168 Å². The normalized spacial score (nSPS) is 11.1. The third-order valence-corrected chi connectivity index (χ3v) is 14.1. The largest absolute Gasteiger partial charge is 0.310 e. The zero-order valence-corrected chi connectivity index (χ0v) is 41.5. The molecule has 74 heavy (non-hydrogen) atoms. The number of benzene rings is 12. The van der Waals surface area contributed by atoms with Gasteiger partial charge in [0.05, 0.1) is 11.4 Å². The van der Waals surface area contributed by atoms with Crippen molar-refractivity contribution in [3.05, 3.63) is 302 Å². The highest BCUT2D eigenvalue weighted by Gasteiger charge is 2.21. The Hall–Kier alpha value is -9.64. The Balaban J connectivity index is 0.895. The van der Waals surface area contributed by atoms with Crippen LogP contribution in [0.4, 0.5) is 68.2 Å². The van der Waals surface area contributed by atoms with Crippen molar-refractivity contribution in [2.24, 2.45) is 0 Å². The Morgan fingerprint density at radius 1 is 0.189 bits per heavy atom. The summed E-state index contributed by atoms with van der Waals surface area (Å²) in [6.45, 7) is 4.35. The fourth-order valence-corrected chi connectivity index (χ4v) is 10.4. The van der Waals surface area contributed by atoms with E-state index in [9.17, 15) is 0 Å². The quantitative estimate of drug-likeness (QED) is 0.114. The summed E-state index contributed by atoms with van der Waals surface area (Å²) in [5.74, 6) is 0. The second kappa shape index (κ2) is 20.2. The highest BCUT2D eigenvalue weighted by molar-refractivity contribution is 6.01. The van der Waals surface area contributed by atoms with Crippen LogP contribution in [-0.2, 0) is 0 Å². The molecule has 0 saturated heterocycles. The molecule has 0 N–H and O–H groups in total. The molecule has 0 aliphatic heterocycles. The molecule has 0 atom stereocenters. The zero-order valence-electron chi connectivity index (χ0n) is 41.5. The van der Waals surface area contributed by atoms with Crippen LogP contribution in [0.1, 0.15) is 11.1 Å². The van der Waals surface area contributed by atoms with Crippen LogP contribution < -0.4 is 19.6 Å². The molecule has 0 radical (unpaired) electrons. The first kappa shape index (κ1) is 45.5. The van der Waals surface area contributed by atoms with Gasteiger partial charge in [0.25, 0.3) is 0 Å². The molecule has 0 aliphatic carbocycles. The lowest BCUT2D eigenvalue weighted by molar-refractivity contribution is 1.24. The third-order valence-electron chi connectivity index (χ3n) is 14.1. The average molecular weight is 951 g/mol. The molecule has 4 heteroatoms. The second-order valence-electron chi connectivity index (χ2n) is 18.7. The molecule has 0 aliphatic rings. The number of anilines is 12. The maximum Gasteiger partial charge on any atom is 0.0540 e. The maximum absolute atomic E-state index is 2.38. The fourth-order valence-electron chi connectivity index (χ4n) is 10.4. The molecule has 354 valence electrons. The monoisotopic (exact) mass is 950 g/mol. The predicted octanol–water partition coefficient (Wildman–Crippen LogP) is 20.2. The van der Waals surface area contributed by atoms with E-state index < -0.39 is 0 Å². The number of hydrogen-bond acceptors (Lipinski definition) is 4. The number of para-hydroxylation sites is 4. The van der Waals surface area contributed by atoms with Crippen LogP contribution in [0.3, 0.4) is 0 Å². The lowest BCUT2D eigenvalue weighted by Crippen LogP contribution is -2.13. The van der Waals surface area contributed by atoms with Gasteiger partial charge < -0.3 is 19.6 Å². The van der Waals surface area contributed by atoms with Crippen LogP contribution in [0.5, 0.6) is 0 Å². The Labute approximate surface area is 434 Å². The van der Waals surface area contributed by atoms with Gasteiger partial charge in [0, 0.05) is 67.6 Å². The van der Waals surface area contributed by atoms with Crippen molar-refractivity contribution in [1.82, 2.24) is 0 Å². The molecule has 0 heterocycles. The van der Waals surface area contributed by atoms with E-state index in [-0.39, 0.29) is 0 Å². The highest BCUT2D eigenvalue weighted by Crippen LogP contribution is 2.45. The Kier molecular flexibility index (Phi) is 12.4. The van der Waals surface area contributed by atoms with E-state index in [1.807, 2.05) is 0 Å². The minimum absolute atomic E-state index is 1.07. The Morgan fingerprint density at radius 3 is 0.784 bits per heavy atom. The number of nitrogens with zero attached hydrogens (tertiary/aromatic N) is 4. The number of hydrogen-bond donors (Lipinski definition) is 0. The van der Waals surface area contributed by atoms with Crippen molar-refractivity contribution in [3.8, 4) is 11.1 Å². The molecule has 0 spiro atoms. The van der Waals surface area contributed by atoms with Gasteiger partial charge in [-0.15, -0.1) is 0 Å². The third kappa shape index (κ3) is 8.91. The van der Waals surface area contributed by atoms with Crippen LogP contribution in [-0.4, -0.2) is 0 Å². The fraction of sp³-hybridized carbons (Fsp3) is 0.0286. The van der Waals surface area contributed by atoms with Crippen molar-refractivity contribution in [2.75, 3.05) is 19.6 Å². The first-order valence-corrected chi connectivity index (χ1v) is 25.3. The van der Waals surface area contributed by atoms with Gasteiger partial charge in [-0.2, -0.15) is 0 Å². The molecule has 12 rings (SSSR count). The summed E-state index contributed by atoms with van der Waals surface area (Å²) in [6, 6.07) is 105. The van der Waals surface area contributed by atoms with Gasteiger partial charge in [-0.25, -0.2) is 0 Å². The Morgan fingerprint density at radius 2 is 0.432 bits per heavy atom. The van der Waals surface area contributed by atoms with E-state index >= 15 is 0 Å². The van der Waals surface area contributed by atoms with E-state index in [4.69, 9.17) is 0 Å². The lowest BCUT2D eigenvalue weighted by atomic mass is 10.0. The first-order chi connectivity index (χ1) is 36.6. The smallest absolute Gasteiger partial charge is 0.0540 e. The molecule has 0 amide bonds. The van der Waals surface area contributed by atoms with Crippen LogP contribution in [0.25, 0.3) is 32.7 Å². The summed E-state index contributed by atoms with van der Waals surface area (Å²) in [6.07, 6.45) is 0. The van der Waals surface area contributed by atoms with Crippen LogP contribution >= 0.6 is 0 Å². The van der Waals surface area contributed by atoms with E-state index in [0.717, 1.165) is 79.4 Å². The van der Waals surface area contributed by atoms with Crippen molar-refractivity contribution in [1.29, 1.82) is 0 Å². The summed E-state index contributed by atoms with van der Waals surface area (Å²) in [4.78, 5) is 9.44.